The summed E-state index contributed by atoms with van der Waals surface area (Å²) in [5, 5.41) is 3.08. The summed E-state index contributed by atoms with van der Waals surface area (Å²) in [6.45, 7) is 2.03. The van der Waals surface area contributed by atoms with Gasteiger partial charge in [0.1, 0.15) is 5.01 Å². The Labute approximate surface area is 115 Å². The quantitative estimate of drug-likeness (QED) is 0.706. The maximum atomic E-state index is 6.05. The SMILES string of the molecule is Cc1csc(-c2nc3cc(Br)ccc3s2)c1N. The molecule has 0 aliphatic heterocycles. The van der Waals surface area contributed by atoms with E-state index in [0.717, 1.165) is 31.1 Å². The van der Waals surface area contributed by atoms with Gasteiger partial charge in [-0.3, -0.25) is 0 Å². The monoisotopic (exact) mass is 324 g/mol. The second kappa shape index (κ2) is 4.08. The lowest BCUT2D eigenvalue weighted by atomic mass is 10.3. The highest BCUT2D eigenvalue weighted by Crippen LogP contribution is 2.39. The van der Waals surface area contributed by atoms with Gasteiger partial charge in [0.05, 0.1) is 20.8 Å². The first-order chi connectivity index (χ1) is 8.15. The van der Waals surface area contributed by atoms with Crippen LogP contribution in [0.25, 0.3) is 20.1 Å². The van der Waals surface area contributed by atoms with E-state index in [9.17, 15) is 0 Å². The molecule has 17 heavy (non-hydrogen) atoms. The van der Waals surface area contributed by atoms with Gasteiger partial charge in [-0.1, -0.05) is 15.9 Å². The molecule has 0 saturated heterocycles. The number of nitrogens with zero attached hydrogens (tertiary/aromatic N) is 1. The fourth-order valence-electron chi connectivity index (χ4n) is 1.62. The lowest BCUT2D eigenvalue weighted by molar-refractivity contribution is 1.48. The van der Waals surface area contributed by atoms with Crippen LogP contribution in [0.1, 0.15) is 5.56 Å². The van der Waals surface area contributed by atoms with Gasteiger partial charge in [-0.25, -0.2) is 4.98 Å². The molecule has 0 radical (unpaired) electrons. The van der Waals surface area contributed by atoms with Crippen molar-refractivity contribution in [3.63, 3.8) is 0 Å². The van der Waals surface area contributed by atoms with E-state index in [0.29, 0.717) is 0 Å². The topological polar surface area (TPSA) is 38.9 Å². The Kier molecular flexibility index (Phi) is 2.69. The molecular weight excluding hydrogens is 316 g/mol. The predicted molar refractivity (Wildman–Crippen MR) is 79.8 cm³/mol. The molecule has 0 amide bonds. The Morgan fingerprint density at radius 2 is 2.18 bits per heavy atom. The van der Waals surface area contributed by atoms with Crippen molar-refractivity contribution < 1.29 is 0 Å². The van der Waals surface area contributed by atoms with Crippen LogP contribution in [0.3, 0.4) is 0 Å². The highest BCUT2D eigenvalue weighted by atomic mass is 79.9. The molecule has 0 fully saturated rings. The van der Waals surface area contributed by atoms with Gasteiger partial charge in [0.25, 0.3) is 0 Å². The van der Waals surface area contributed by atoms with Crippen LogP contribution in [0.4, 0.5) is 5.69 Å². The Morgan fingerprint density at radius 1 is 1.35 bits per heavy atom. The second-order valence-corrected chi connectivity index (χ2v) is 6.62. The molecule has 2 nitrogen and oxygen atoms in total. The van der Waals surface area contributed by atoms with E-state index in [1.54, 1.807) is 22.7 Å². The van der Waals surface area contributed by atoms with Crippen LogP contribution in [-0.4, -0.2) is 4.98 Å². The number of fused-ring (bicyclic) bond motifs is 1. The van der Waals surface area contributed by atoms with E-state index in [1.807, 2.05) is 19.1 Å². The fourth-order valence-corrected chi connectivity index (χ4v) is 3.99. The van der Waals surface area contributed by atoms with Crippen molar-refractivity contribution >= 4 is 54.5 Å². The summed E-state index contributed by atoms with van der Waals surface area (Å²) in [5.41, 5.74) is 9.06. The Morgan fingerprint density at radius 3 is 2.88 bits per heavy atom. The number of halogens is 1. The van der Waals surface area contributed by atoms with Crippen LogP contribution in [0.5, 0.6) is 0 Å². The minimum atomic E-state index is 0.855. The fraction of sp³-hybridized carbons (Fsp3) is 0.0833. The maximum absolute atomic E-state index is 6.05. The average molecular weight is 325 g/mol. The van der Waals surface area contributed by atoms with Crippen LogP contribution >= 0.6 is 38.6 Å². The smallest absolute Gasteiger partial charge is 0.136 e. The molecule has 1 aromatic carbocycles. The van der Waals surface area contributed by atoms with E-state index >= 15 is 0 Å². The van der Waals surface area contributed by atoms with Crippen molar-refractivity contribution in [2.75, 3.05) is 5.73 Å². The van der Waals surface area contributed by atoms with E-state index in [4.69, 9.17) is 5.73 Å². The van der Waals surface area contributed by atoms with Gasteiger partial charge in [-0.15, -0.1) is 22.7 Å². The van der Waals surface area contributed by atoms with Gasteiger partial charge in [0.15, 0.2) is 0 Å². The molecule has 3 aromatic rings. The first-order valence-corrected chi connectivity index (χ1v) is 7.54. The normalized spacial score (nSPS) is 11.2. The summed E-state index contributed by atoms with van der Waals surface area (Å²) < 4.78 is 2.24. The second-order valence-electron chi connectivity index (χ2n) is 3.79. The number of thiazole rings is 1. The number of anilines is 1. The molecule has 0 aliphatic rings. The highest BCUT2D eigenvalue weighted by Gasteiger charge is 2.12. The summed E-state index contributed by atoms with van der Waals surface area (Å²) in [6, 6.07) is 6.15. The molecule has 5 heteroatoms. The van der Waals surface area contributed by atoms with Crippen molar-refractivity contribution in [1.82, 2.24) is 4.98 Å². The highest BCUT2D eigenvalue weighted by molar-refractivity contribution is 9.10. The number of thiophene rings is 1. The first kappa shape index (κ1) is 11.2. The molecule has 0 aliphatic carbocycles. The summed E-state index contributed by atoms with van der Waals surface area (Å²) in [7, 11) is 0. The molecule has 2 aromatic heterocycles. The first-order valence-electron chi connectivity index (χ1n) is 5.05. The zero-order valence-electron chi connectivity index (χ0n) is 9.03. The van der Waals surface area contributed by atoms with Crippen LogP contribution in [0.2, 0.25) is 0 Å². The number of hydrogen-bond donors (Lipinski definition) is 1. The predicted octanol–water partition coefficient (Wildman–Crippen LogP) is 4.68. The van der Waals surface area contributed by atoms with Gasteiger partial charge in [0.2, 0.25) is 0 Å². The van der Waals surface area contributed by atoms with E-state index in [2.05, 4.69) is 32.4 Å². The number of benzene rings is 1. The molecule has 86 valence electrons. The Hall–Kier alpha value is -0.910. The van der Waals surface area contributed by atoms with E-state index < -0.39 is 0 Å². The maximum Gasteiger partial charge on any atom is 0.136 e. The summed E-state index contributed by atoms with van der Waals surface area (Å²) in [6.07, 6.45) is 0. The third kappa shape index (κ3) is 1.88. The third-order valence-corrected chi connectivity index (χ3v) is 5.36. The number of rotatable bonds is 1. The molecule has 2 N–H and O–H groups in total. The zero-order valence-corrected chi connectivity index (χ0v) is 12.2. The average Bonchev–Trinajstić information content (AvgIpc) is 2.83. The van der Waals surface area contributed by atoms with Crippen molar-refractivity contribution in [3.8, 4) is 9.88 Å². The molecular formula is C12H9BrN2S2. The minimum absolute atomic E-state index is 0.855. The standard InChI is InChI=1S/C12H9BrN2S2/c1-6-5-16-11(10(6)14)12-15-8-4-7(13)2-3-9(8)17-12/h2-5H,14H2,1H3. The molecule has 3 rings (SSSR count). The lowest BCUT2D eigenvalue weighted by Gasteiger charge is -1.93. The summed E-state index contributed by atoms with van der Waals surface area (Å²) in [5.74, 6) is 0. The van der Waals surface area contributed by atoms with Crippen molar-refractivity contribution in [2.45, 2.75) is 6.92 Å². The van der Waals surface area contributed by atoms with Gasteiger partial charge < -0.3 is 5.73 Å². The number of aromatic nitrogens is 1. The van der Waals surface area contributed by atoms with Gasteiger partial charge in [-0.05, 0) is 36.1 Å². The van der Waals surface area contributed by atoms with Crippen molar-refractivity contribution in [3.05, 3.63) is 33.6 Å². The van der Waals surface area contributed by atoms with Crippen LogP contribution in [0.15, 0.2) is 28.1 Å². The van der Waals surface area contributed by atoms with Crippen LogP contribution < -0.4 is 5.73 Å². The van der Waals surface area contributed by atoms with E-state index in [-0.39, 0.29) is 0 Å². The number of aryl methyl sites for hydroxylation is 1. The van der Waals surface area contributed by atoms with E-state index in [1.165, 1.54) is 4.70 Å². The van der Waals surface area contributed by atoms with Gasteiger partial charge >= 0.3 is 0 Å². The summed E-state index contributed by atoms with van der Waals surface area (Å²) >= 11 is 6.80. The molecule has 0 saturated carbocycles. The Bertz CT molecular complexity index is 700. The molecule has 0 spiro atoms. The molecule has 0 bridgehead atoms. The lowest BCUT2D eigenvalue weighted by Crippen LogP contribution is -1.86. The Balaban J connectivity index is 2.21. The third-order valence-electron chi connectivity index (χ3n) is 2.57. The molecule has 0 unspecified atom stereocenters. The molecule has 2 heterocycles. The van der Waals surface area contributed by atoms with Crippen LogP contribution in [0, 0.1) is 6.92 Å². The van der Waals surface area contributed by atoms with Gasteiger partial charge in [-0.2, -0.15) is 0 Å². The number of hydrogen-bond acceptors (Lipinski definition) is 4. The number of nitrogens with two attached hydrogens (primary N) is 1. The number of nitrogen functional groups attached to an aromatic ring is 1. The molecule has 0 atom stereocenters. The largest absolute Gasteiger partial charge is 0.397 e. The zero-order chi connectivity index (χ0) is 12.0. The van der Waals surface area contributed by atoms with Gasteiger partial charge in [0, 0.05) is 4.47 Å². The van der Waals surface area contributed by atoms with Crippen molar-refractivity contribution in [1.29, 1.82) is 0 Å². The van der Waals surface area contributed by atoms with Crippen molar-refractivity contribution in [2.24, 2.45) is 0 Å². The summed E-state index contributed by atoms with van der Waals surface area (Å²) in [4.78, 5) is 5.72. The van der Waals surface area contributed by atoms with Crippen LogP contribution in [-0.2, 0) is 0 Å². The minimum Gasteiger partial charge on any atom is -0.397 e.